The fourth-order valence-corrected chi connectivity index (χ4v) is 1.98. The number of hydrogen-bond donors (Lipinski definition) is 1. The van der Waals surface area contributed by atoms with Crippen LogP contribution in [0.2, 0.25) is 0 Å². The Morgan fingerprint density at radius 3 is 2.25 bits per heavy atom. The van der Waals surface area contributed by atoms with E-state index in [4.69, 9.17) is 19.9 Å². The number of benzene rings is 2. The Morgan fingerprint density at radius 1 is 0.950 bits per heavy atom. The van der Waals surface area contributed by atoms with Crippen molar-refractivity contribution in [3.63, 3.8) is 0 Å². The molecule has 0 aliphatic rings. The molecule has 2 aromatic rings. The molecule has 106 valence electrons. The quantitative estimate of drug-likeness (QED) is 0.854. The summed E-state index contributed by atoms with van der Waals surface area (Å²) in [6.45, 7) is 0. The van der Waals surface area contributed by atoms with Crippen molar-refractivity contribution in [3.05, 3.63) is 40.6 Å². The summed E-state index contributed by atoms with van der Waals surface area (Å²) in [5, 5.41) is 0. The Kier molecular flexibility index (Phi) is 4.34. The first-order chi connectivity index (χ1) is 9.55. The van der Waals surface area contributed by atoms with E-state index in [2.05, 4.69) is 15.9 Å². The fourth-order valence-electron chi connectivity index (χ4n) is 1.64. The maximum Gasteiger partial charge on any atom is 0.165 e. The van der Waals surface area contributed by atoms with Crippen LogP contribution in [0.25, 0.3) is 0 Å². The van der Waals surface area contributed by atoms with Gasteiger partial charge in [-0.25, -0.2) is 4.39 Å². The second-order valence-electron chi connectivity index (χ2n) is 3.92. The molecular weight excluding hydrogens is 329 g/mol. The number of nitrogen functional groups attached to an aromatic ring is 1. The molecule has 0 heterocycles. The maximum atomic E-state index is 13.7. The normalized spacial score (nSPS) is 10.2. The lowest BCUT2D eigenvalue weighted by Gasteiger charge is -2.13. The van der Waals surface area contributed by atoms with Crippen molar-refractivity contribution < 1.29 is 18.6 Å². The Balaban J connectivity index is 2.40. The number of methoxy groups -OCH3 is 2. The van der Waals surface area contributed by atoms with E-state index in [1.807, 2.05) is 0 Å². The van der Waals surface area contributed by atoms with Crippen molar-refractivity contribution in [2.24, 2.45) is 0 Å². The number of rotatable bonds is 4. The summed E-state index contributed by atoms with van der Waals surface area (Å²) >= 11 is 3.26. The molecule has 2 rings (SSSR count). The lowest BCUT2D eigenvalue weighted by Crippen LogP contribution is -1.97. The van der Waals surface area contributed by atoms with Gasteiger partial charge < -0.3 is 19.9 Å². The van der Waals surface area contributed by atoms with Crippen LogP contribution in [0, 0.1) is 5.82 Å². The van der Waals surface area contributed by atoms with Crippen LogP contribution < -0.4 is 19.9 Å². The molecule has 2 N–H and O–H groups in total. The molecule has 0 saturated carbocycles. The molecule has 0 aromatic heterocycles. The second kappa shape index (κ2) is 6.00. The smallest absolute Gasteiger partial charge is 0.165 e. The predicted octanol–water partition coefficient (Wildman–Crippen LogP) is 3.98. The highest BCUT2D eigenvalue weighted by Gasteiger charge is 2.13. The van der Waals surface area contributed by atoms with E-state index in [0.29, 0.717) is 27.4 Å². The van der Waals surface area contributed by atoms with Crippen molar-refractivity contribution in [1.82, 2.24) is 0 Å². The molecule has 0 atom stereocenters. The molecule has 4 nitrogen and oxygen atoms in total. The highest BCUT2D eigenvalue weighted by Crippen LogP contribution is 2.39. The minimum atomic E-state index is -0.484. The molecule has 0 radical (unpaired) electrons. The van der Waals surface area contributed by atoms with Gasteiger partial charge in [0.2, 0.25) is 0 Å². The molecule has 0 aliphatic carbocycles. The number of hydrogen-bond acceptors (Lipinski definition) is 4. The average molecular weight is 342 g/mol. The summed E-state index contributed by atoms with van der Waals surface area (Å²) in [5.74, 6) is 0.805. The lowest BCUT2D eigenvalue weighted by atomic mass is 10.2. The average Bonchev–Trinajstić information content (AvgIpc) is 2.44. The van der Waals surface area contributed by atoms with Crippen molar-refractivity contribution >= 4 is 21.6 Å². The van der Waals surface area contributed by atoms with E-state index in [0.717, 1.165) is 0 Å². The van der Waals surface area contributed by atoms with Gasteiger partial charge in [-0.1, -0.05) is 15.9 Å². The van der Waals surface area contributed by atoms with Gasteiger partial charge in [-0.3, -0.25) is 0 Å². The van der Waals surface area contributed by atoms with E-state index in [9.17, 15) is 4.39 Å². The monoisotopic (exact) mass is 341 g/mol. The Hall–Kier alpha value is -1.95. The number of nitrogens with two attached hydrogens (primary N) is 1. The van der Waals surface area contributed by atoms with Gasteiger partial charge in [0.25, 0.3) is 0 Å². The van der Waals surface area contributed by atoms with E-state index in [1.165, 1.54) is 26.4 Å². The van der Waals surface area contributed by atoms with Crippen molar-refractivity contribution in [2.45, 2.75) is 0 Å². The maximum absolute atomic E-state index is 13.7. The zero-order chi connectivity index (χ0) is 14.7. The first-order valence-corrected chi connectivity index (χ1v) is 6.49. The van der Waals surface area contributed by atoms with Crippen molar-refractivity contribution in [1.29, 1.82) is 0 Å². The molecule has 0 spiro atoms. The highest BCUT2D eigenvalue weighted by molar-refractivity contribution is 9.10. The molecule has 0 unspecified atom stereocenters. The van der Waals surface area contributed by atoms with Crippen LogP contribution in [-0.4, -0.2) is 14.2 Å². The van der Waals surface area contributed by atoms with Crippen LogP contribution in [0.15, 0.2) is 34.8 Å². The fraction of sp³-hybridized carbons (Fsp3) is 0.143. The molecular formula is C14H13BrFNO3. The third-order valence-electron chi connectivity index (χ3n) is 2.63. The van der Waals surface area contributed by atoms with Crippen LogP contribution in [0.1, 0.15) is 0 Å². The molecule has 2 aromatic carbocycles. The number of halogens is 2. The second-order valence-corrected chi connectivity index (χ2v) is 4.84. The Morgan fingerprint density at radius 2 is 1.60 bits per heavy atom. The summed E-state index contributed by atoms with van der Waals surface area (Å²) in [7, 11) is 3.00. The third kappa shape index (κ3) is 2.96. The SMILES string of the molecule is COc1cc(N)c(Oc2cc(Br)ccc2F)cc1OC. The van der Waals surface area contributed by atoms with Crippen LogP contribution in [0.5, 0.6) is 23.0 Å². The van der Waals surface area contributed by atoms with E-state index < -0.39 is 5.82 Å². The summed E-state index contributed by atoms with van der Waals surface area (Å²) in [4.78, 5) is 0. The summed E-state index contributed by atoms with van der Waals surface area (Å²) in [6, 6.07) is 7.51. The zero-order valence-electron chi connectivity index (χ0n) is 10.9. The van der Waals surface area contributed by atoms with Crippen molar-refractivity contribution in [2.75, 3.05) is 20.0 Å². The van der Waals surface area contributed by atoms with Gasteiger partial charge >= 0.3 is 0 Å². The van der Waals surface area contributed by atoms with E-state index >= 15 is 0 Å². The molecule has 0 saturated heterocycles. The van der Waals surface area contributed by atoms with Gasteiger partial charge in [-0.2, -0.15) is 0 Å². The Bertz CT molecular complexity index is 634. The van der Waals surface area contributed by atoms with Gasteiger partial charge in [0, 0.05) is 16.6 Å². The standard InChI is InChI=1S/C14H13BrFNO3/c1-18-13-6-10(17)12(7-14(13)19-2)20-11-5-8(15)3-4-9(11)16/h3-7H,17H2,1-2H3. The minimum Gasteiger partial charge on any atom is -0.493 e. The van der Waals surface area contributed by atoms with E-state index in [-0.39, 0.29) is 5.75 Å². The zero-order valence-corrected chi connectivity index (χ0v) is 12.5. The van der Waals surface area contributed by atoms with Gasteiger partial charge in [0.05, 0.1) is 19.9 Å². The third-order valence-corrected chi connectivity index (χ3v) is 3.12. The molecule has 6 heteroatoms. The van der Waals surface area contributed by atoms with Crippen molar-refractivity contribution in [3.8, 4) is 23.0 Å². The Labute approximate surface area is 124 Å². The topological polar surface area (TPSA) is 53.7 Å². The lowest BCUT2D eigenvalue weighted by molar-refractivity contribution is 0.352. The summed E-state index contributed by atoms with van der Waals surface area (Å²) < 4.78 is 30.2. The predicted molar refractivity (Wildman–Crippen MR) is 78.1 cm³/mol. The summed E-state index contributed by atoms with van der Waals surface area (Å²) in [5.41, 5.74) is 6.18. The molecule has 0 amide bonds. The number of anilines is 1. The first kappa shape index (κ1) is 14.5. The minimum absolute atomic E-state index is 0.0679. The van der Waals surface area contributed by atoms with Crippen LogP contribution in [-0.2, 0) is 0 Å². The number of ether oxygens (including phenoxy) is 3. The molecule has 0 bridgehead atoms. The molecule has 0 aliphatic heterocycles. The largest absolute Gasteiger partial charge is 0.493 e. The van der Waals surface area contributed by atoms with Crippen LogP contribution in [0.4, 0.5) is 10.1 Å². The first-order valence-electron chi connectivity index (χ1n) is 5.69. The highest BCUT2D eigenvalue weighted by atomic mass is 79.9. The van der Waals surface area contributed by atoms with Crippen LogP contribution >= 0.6 is 15.9 Å². The molecule has 20 heavy (non-hydrogen) atoms. The summed E-state index contributed by atoms with van der Waals surface area (Å²) in [6.07, 6.45) is 0. The van der Waals surface area contributed by atoms with E-state index in [1.54, 1.807) is 18.2 Å². The van der Waals surface area contributed by atoms with Gasteiger partial charge in [0.15, 0.2) is 28.8 Å². The van der Waals surface area contributed by atoms with Gasteiger partial charge in [-0.05, 0) is 18.2 Å². The van der Waals surface area contributed by atoms with Gasteiger partial charge in [-0.15, -0.1) is 0 Å². The van der Waals surface area contributed by atoms with Crippen LogP contribution in [0.3, 0.4) is 0 Å². The van der Waals surface area contributed by atoms with Gasteiger partial charge in [0.1, 0.15) is 0 Å². The molecule has 0 fully saturated rings.